The van der Waals surface area contributed by atoms with Gasteiger partial charge in [0.15, 0.2) is 6.10 Å². The molecule has 0 heterocycles. The smallest absolute Gasteiger partial charge is 0.472 e. The number of unbranched alkanes of at least 4 members (excludes halogenated alkanes) is 14. The Balaban J connectivity index is 4.55. The van der Waals surface area contributed by atoms with Gasteiger partial charge in [0, 0.05) is 12.8 Å². The van der Waals surface area contributed by atoms with E-state index in [-0.39, 0.29) is 19.4 Å². The van der Waals surface area contributed by atoms with E-state index in [0.29, 0.717) is 12.8 Å². The highest BCUT2D eigenvalue weighted by Crippen LogP contribution is 2.43. The fourth-order valence-corrected chi connectivity index (χ4v) is 4.88. The second-order valence-electron chi connectivity index (χ2n) is 10.9. The standard InChI is InChI=1S/C31H58NO10P/c1-3-5-7-9-11-13-14-15-17-19-21-23-30(34)42-27(25-40-43(37,38)41-26-28(32)31(35)36)24-39-29(33)22-20-18-16-12-10-8-6-4-2/h9,11,27-28H,3-8,10,12-26,32H2,1-2H3,(H,35,36)(H,37,38)/b11-9-. The molecular weight excluding hydrogens is 577 g/mol. The summed E-state index contributed by atoms with van der Waals surface area (Å²) in [5, 5.41) is 8.81. The number of esters is 2. The van der Waals surface area contributed by atoms with Gasteiger partial charge in [0.05, 0.1) is 13.2 Å². The zero-order valence-corrected chi connectivity index (χ0v) is 27.4. The Morgan fingerprint density at radius 2 is 1.19 bits per heavy atom. The quantitative estimate of drug-likeness (QED) is 0.0321. The molecule has 0 radical (unpaired) electrons. The fourth-order valence-electron chi connectivity index (χ4n) is 4.10. The number of aliphatic carboxylic acids is 1. The van der Waals surface area contributed by atoms with Crippen LogP contribution in [-0.2, 0) is 37.5 Å². The van der Waals surface area contributed by atoms with E-state index in [1.54, 1.807) is 0 Å². The highest BCUT2D eigenvalue weighted by atomic mass is 31.2. The van der Waals surface area contributed by atoms with E-state index >= 15 is 0 Å². The predicted octanol–water partition coefficient (Wildman–Crippen LogP) is 6.99. The molecule has 0 saturated heterocycles. The Kier molecular flexibility index (Phi) is 26.6. The third kappa shape index (κ3) is 27.5. The third-order valence-corrected chi connectivity index (χ3v) is 7.71. The Labute approximate surface area is 258 Å². The third-order valence-electron chi connectivity index (χ3n) is 6.76. The lowest BCUT2D eigenvalue weighted by atomic mass is 10.1. The zero-order chi connectivity index (χ0) is 32.2. The zero-order valence-electron chi connectivity index (χ0n) is 26.6. The van der Waals surface area contributed by atoms with Crippen LogP contribution in [-0.4, -0.2) is 59.9 Å². The first-order valence-corrected chi connectivity index (χ1v) is 17.7. The minimum atomic E-state index is -4.69. The lowest BCUT2D eigenvalue weighted by Crippen LogP contribution is -2.34. The van der Waals surface area contributed by atoms with Crippen molar-refractivity contribution in [3.63, 3.8) is 0 Å². The number of carbonyl (C=O) groups is 3. The summed E-state index contributed by atoms with van der Waals surface area (Å²) < 4.78 is 32.3. The van der Waals surface area contributed by atoms with Crippen molar-refractivity contribution >= 4 is 25.7 Å². The molecule has 4 N–H and O–H groups in total. The van der Waals surface area contributed by atoms with Gasteiger partial charge in [0.25, 0.3) is 0 Å². The summed E-state index contributed by atoms with van der Waals surface area (Å²) in [6.45, 7) is 2.67. The van der Waals surface area contributed by atoms with E-state index in [4.69, 9.17) is 24.8 Å². The van der Waals surface area contributed by atoms with Crippen molar-refractivity contribution in [3.05, 3.63) is 12.2 Å². The van der Waals surface area contributed by atoms with Crippen molar-refractivity contribution in [3.8, 4) is 0 Å². The summed E-state index contributed by atoms with van der Waals surface area (Å²) in [6.07, 6.45) is 21.7. The molecule has 12 heteroatoms. The van der Waals surface area contributed by atoms with Crippen LogP contribution in [0.1, 0.15) is 136 Å². The largest absolute Gasteiger partial charge is 0.480 e. The average Bonchev–Trinajstić information content (AvgIpc) is 2.97. The maximum absolute atomic E-state index is 12.4. The summed E-state index contributed by atoms with van der Waals surface area (Å²) in [7, 11) is -4.69. The average molecular weight is 636 g/mol. The Morgan fingerprint density at radius 1 is 0.698 bits per heavy atom. The topological polar surface area (TPSA) is 172 Å². The van der Waals surface area contributed by atoms with Crippen molar-refractivity contribution in [2.45, 2.75) is 148 Å². The molecule has 43 heavy (non-hydrogen) atoms. The second-order valence-corrected chi connectivity index (χ2v) is 12.4. The molecule has 0 amide bonds. The lowest BCUT2D eigenvalue weighted by molar-refractivity contribution is -0.161. The van der Waals surface area contributed by atoms with Crippen molar-refractivity contribution in [2.24, 2.45) is 5.73 Å². The van der Waals surface area contributed by atoms with Crippen molar-refractivity contribution < 1.29 is 47.5 Å². The molecule has 0 saturated carbocycles. The number of ether oxygens (including phenoxy) is 2. The fraction of sp³-hybridized carbons (Fsp3) is 0.839. The first kappa shape index (κ1) is 41.2. The molecule has 0 aliphatic rings. The Morgan fingerprint density at radius 3 is 1.77 bits per heavy atom. The van der Waals surface area contributed by atoms with Gasteiger partial charge in [-0.3, -0.25) is 23.4 Å². The van der Waals surface area contributed by atoms with Gasteiger partial charge in [-0.25, -0.2) is 4.57 Å². The van der Waals surface area contributed by atoms with Gasteiger partial charge in [-0.1, -0.05) is 103 Å². The molecule has 11 nitrogen and oxygen atoms in total. The molecule has 0 spiro atoms. The number of carboxylic acid groups (broad SMARTS) is 1. The van der Waals surface area contributed by atoms with E-state index in [9.17, 15) is 23.8 Å². The normalized spacial score (nSPS) is 14.3. The molecular formula is C31H58NO10P. The maximum atomic E-state index is 12.4. The molecule has 0 fully saturated rings. The number of carbonyl (C=O) groups excluding carboxylic acids is 2. The molecule has 3 unspecified atom stereocenters. The number of phosphoric acid groups is 1. The van der Waals surface area contributed by atoms with Crippen molar-refractivity contribution in [1.29, 1.82) is 0 Å². The van der Waals surface area contributed by atoms with E-state index in [1.807, 2.05) is 0 Å². The summed E-state index contributed by atoms with van der Waals surface area (Å²) in [5.74, 6) is -2.40. The Bertz CT molecular complexity index is 807. The van der Waals surface area contributed by atoms with Crippen LogP contribution in [0.3, 0.4) is 0 Å². The van der Waals surface area contributed by atoms with Gasteiger partial charge in [-0.05, 0) is 32.1 Å². The van der Waals surface area contributed by atoms with Crippen LogP contribution >= 0.6 is 7.82 Å². The first-order valence-electron chi connectivity index (χ1n) is 16.2. The highest BCUT2D eigenvalue weighted by Gasteiger charge is 2.28. The monoisotopic (exact) mass is 635 g/mol. The summed E-state index contributed by atoms with van der Waals surface area (Å²) in [5.41, 5.74) is 5.28. The van der Waals surface area contributed by atoms with Crippen LogP contribution in [0.4, 0.5) is 0 Å². The maximum Gasteiger partial charge on any atom is 0.472 e. The molecule has 252 valence electrons. The molecule has 0 aliphatic heterocycles. The molecule has 0 bridgehead atoms. The van der Waals surface area contributed by atoms with E-state index < -0.39 is 51.1 Å². The van der Waals surface area contributed by atoms with E-state index in [0.717, 1.165) is 57.8 Å². The predicted molar refractivity (Wildman–Crippen MR) is 166 cm³/mol. The van der Waals surface area contributed by atoms with Gasteiger partial charge in [0.1, 0.15) is 12.6 Å². The van der Waals surface area contributed by atoms with Crippen LogP contribution < -0.4 is 5.73 Å². The van der Waals surface area contributed by atoms with Gasteiger partial charge in [-0.15, -0.1) is 0 Å². The number of allylic oxidation sites excluding steroid dienone is 2. The summed E-state index contributed by atoms with van der Waals surface area (Å²) in [6, 6.07) is -1.52. The summed E-state index contributed by atoms with van der Waals surface area (Å²) in [4.78, 5) is 45.3. The molecule has 0 aliphatic carbocycles. The number of hydrogen-bond acceptors (Lipinski definition) is 9. The van der Waals surface area contributed by atoms with Crippen molar-refractivity contribution in [1.82, 2.24) is 0 Å². The van der Waals surface area contributed by atoms with Gasteiger partial charge in [0.2, 0.25) is 0 Å². The second kappa shape index (κ2) is 27.7. The van der Waals surface area contributed by atoms with Gasteiger partial charge in [-0.2, -0.15) is 0 Å². The Hall–Kier alpha value is -1.78. The molecule has 0 aromatic rings. The van der Waals surface area contributed by atoms with Crippen molar-refractivity contribution in [2.75, 3.05) is 19.8 Å². The highest BCUT2D eigenvalue weighted by molar-refractivity contribution is 7.47. The molecule has 0 aromatic carbocycles. The van der Waals surface area contributed by atoms with Crippen LogP contribution in [0.2, 0.25) is 0 Å². The molecule has 0 aromatic heterocycles. The van der Waals surface area contributed by atoms with Crippen LogP contribution in [0.5, 0.6) is 0 Å². The van der Waals surface area contributed by atoms with Gasteiger partial charge < -0.3 is 25.2 Å². The van der Waals surface area contributed by atoms with Gasteiger partial charge >= 0.3 is 25.7 Å². The number of carboxylic acids is 1. The van der Waals surface area contributed by atoms with E-state index in [2.05, 4.69) is 30.5 Å². The number of rotatable bonds is 30. The molecule has 0 rings (SSSR count). The minimum Gasteiger partial charge on any atom is -0.480 e. The van der Waals surface area contributed by atoms with Crippen LogP contribution in [0.15, 0.2) is 12.2 Å². The first-order chi connectivity index (χ1) is 20.6. The van der Waals surface area contributed by atoms with Crippen LogP contribution in [0.25, 0.3) is 0 Å². The number of hydrogen-bond donors (Lipinski definition) is 3. The summed E-state index contributed by atoms with van der Waals surface area (Å²) >= 11 is 0. The van der Waals surface area contributed by atoms with Crippen LogP contribution in [0, 0.1) is 0 Å². The minimum absolute atomic E-state index is 0.153. The SMILES string of the molecule is CCCC/C=C\CCCCCCCC(=O)OC(COC(=O)CCCCCCCCCC)COP(=O)(O)OCC(N)C(=O)O. The lowest BCUT2D eigenvalue weighted by Gasteiger charge is -2.20. The van der Waals surface area contributed by atoms with E-state index in [1.165, 1.54) is 38.5 Å². The number of phosphoric ester groups is 1. The number of nitrogens with two attached hydrogens (primary N) is 1. The molecule has 3 atom stereocenters.